The highest BCUT2D eigenvalue weighted by atomic mass is 19.1. The summed E-state index contributed by atoms with van der Waals surface area (Å²) >= 11 is 0. The molecule has 2 atom stereocenters. The maximum Gasteiger partial charge on any atom is 0.129 e. The molecule has 1 fully saturated rings. The van der Waals surface area contributed by atoms with E-state index in [1.165, 1.54) is 12.1 Å². The van der Waals surface area contributed by atoms with E-state index in [4.69, 9.17) is 4.74 Å². The first kappa shape index (κ1) is 16.2. The molecule has 0 radical (unpaired) electrons. The van der Waals surface area contributed by atoms with Gasteiger partial charge in [-0.15, -0.1) is 0 Å². The lowest BCUT2D eigenvalue weighted by Crippen LogP contribution is -2.64. The minimum atomic E-state index is -0.594. The Hall–Kier alpha value is -1.16. The van der Waals surface area contributed by atoms with Crippen molar-refractivity contribution in [3.63, 3.8) is 0 Å². The van der Waals surface area contributed by atoms with Crippen LogP contribution in [0.1, 0.15) is 46.5 Å². The number of rotatable bonds is 7. The lowest BCUT2D eigenvalue weighted by atomic mass is 9.58. The van der Waals surface area contributed by atoms with E-state index in [1.54, 1.807) is 0 Å². The van der Waals surface area contributed by atoms with Crippen molar-refractivity contribution >= 4 is 0 Å². The Bertz CT molecular complexity index is 454. The number of ether oxygens (including phenoxy) is 1. The predicted octanol–water partition coefficient (Wildman–Crippen LogP) is 4.29. The normalized spacial score (nSPS) is 23.7. The first-order chi connectivity index (χ1) is 10.1. The average Bonchev–Trinajstić information content (AvgIpc) is 2.42. The first-order valence-electron chi connectivity index (χ1n) is 7.91. The van der Waals surface area contributed by atoms with Gasteiger partial charge >= 0.3 is 0 Å². The van der Waals surface area contributed by atoms with Gasteiger partial charge in [0.15, 0.2) is 0 Å². The van der Waals surface area contributed by atoms with Gasteiger partial charge in [-0.2, -0.15) is 0 Å². The molecule has 1 aliphatic carbocycles. The lowest BCUT2D eigenvalue weighted by molar-refractivity contribution is -0.0860. The van der Waals surface area contributed by atoms with Crippen molar-refractivity contribution in [3.05, 3.63) is 29.8 Å². The van der Waals surface area contributed by atoms with Crippen molar-refractivity contribution in [3.8, 4) is 5.75 Å². The van der Waals surface area contributed by atoms with Crippen LogP contribution in [0.3, 0.4) is 0 Å². The molecule has 2 rings (SSSR count). The van der Waals surface area contributed by atoms with E-state index < -0.39 is 11.6 Å². The first-order valence-corrected chi connectivity index (χ1v) is 7.91. The Morgan fingerprint density at radius 1 is 1.14 bits per heavy atom. The molecule has 1 aromatic carbocycles. The molecule has 1 aromatic rings. The van der Waals surface area contributed by atoms with E-state index in [0.29, 0.717) is 6.04 Å². The van der Waals surface area contributed by atoms with Crippen LogP contribution in [0.4, 0.5) is 8.78 Å². The van der Waals surface area contributed by atoms with Gasteiger partial charge in [0.2, 0.25) is 0 Å². The predicted molar refractivity (Wildman–Crippen MR) is 80.5 cm³/mol. The number of nitrogens with one attached hydrogen (secondary N) is 1. The van der Waals surface area contributed by atoms with Crippen LogP contribution in [0.25, 0.3) is 0 Å². The highest BCUT2D eigenvalue weighted by molar-refractivity contribution is 5.25. The van der Waals surface area contributed by atoms with Gasteiger partial charge < -0.3 is 10.1 Å². The Morgan fingerprint density at radius 2 is 1.76 bits per heavy atom. The molecule has 0 bridgehead atoms. The molecule has 0 aliphatic heterocycles. The van der Waals surface area contributed by atoms with Gasteiger partial charge in [0.25, 0.3) is 0 Å². The molecular weight excluding hydrogens is 272 g/mol. The zero-order valence-corrected chi connectivity index (χ0v) is 13.1. The van der Waals surface area contributed by atoms with Crippen molar-refractivity contribution in [1.82, 2.24) is 5.32 Å². The third-order valence-corrected chi connectivity index (χ3v) is 4.86. The van der Waals surface area contributed by atoms with Gasteiger partial charge in [-0.3, -0.25) is 0 Å². The summed E-state index contributed by atoms with van der Waals surface area (Å²) in [4.78, 5) is 0. The Morgan fingerprint density at radius 3 is 2.29 bits per heavy atom. The maximum atomic E-state index is 13.3. The summed E-state index contributed by atoms with van der Waals surface area (Å²) in [7, 11) is 0. The minimum Gasteiger partial charge on any atom is -0.490 e. The SMILES string of the molecule is CCCNC1CC(Oc2cc(F)cc(F)c2)C1(CC)CC. The molecule has 1 aliphatic rings. The van der Waals surface area contributed by atoms with Crippen molar-refractivity contribution in [2.24, 2.45) is 5.41 Å². The molecule has 0 saturated heterocycles. The van der Waals surface area contributed by atoms with Crippen molar-refractivity contribution in [2.75, 3.05) is 6.54 Å². The van der Waals surface area contributed by atoms with Gasteiger partial charge in [-0.05, 0) is 25.8 Å². The standard InChI is InChI=1S/C17H25F2NO/c1-4-7-20-15-11-16(17(15,5-2)6-3)21-14-9-12(18)8-13(19)10-14/h8-10,15-16,20H,4-7,11H2,1-3H3. The van der Waals surface area contributed by atoms with E-state index in [9.17, 15) is 8.78 Å². The minimum absolute atomic E-state index is 0.0167. The van der Waals surface area contributed by atoms with Crippen LogP contribution in [-0.4, -0.2) is 18.7 Å². The van der Waals surface area contributed by atoms with Gasteiger partial charge in [0.1, 0.15) is 23.5 Å². The third kappa shape index (κ3) is 3.20. The Kier molecular flexibility index (Phi) is 5.20. The van der Waals surface area contributed by atoms with E-state index in [-0.39, 0.29) is 17.3 Å². The molecule has 4 heteroatoms. The summed E-state index contributed by atoms with van der Waals surface area (Å²) in [5.74, 6) is -0.898. The summed E-state index contributed by atoms with van der Waals surface area (Å²) in [6.45, 7) is 7.46. The Balaban J connectivity index is 2.09. The fourth-order valence-electron chi connectivity index (χ4n) is 3.48. The van der Waals surface area contributed by atoms with Crippen LogP contribution in [-0.2, 0) is 0 Å². The highest BCUT2D eigenvalue weighted by Gasteiger charge is 2.53. The van der Waals surface area contributed by atoms with Crippen LogP contribution >= 0.6 is 0 Å². The largest absolute Gasteiger partial charge is 0.490 e. The summed E-state index contributed by atoms with van der Waals surface area (Å²) < 4.78 is 32.4. The topological polar surface area (TPSA) is 21.3 Å². The van der Waals surface area contributed by atoms with Crippen LogP contribution < -0.4 is 10.1 Å². The summed E-state index contributed by atoms with van der Waals surface area (Å²) in [6.07, 6.45) is 3.99. The molecule has 1 N–H and O–H groups in total. The van der Waals surface area contributed by atoms with E-state index in [0.717, 1.165) is 38.3 Å². The molecule has 1 saturated carbocycles. The number of benzene rings is 1. The number of halogens is 2. The smallest absolute Gasteiger partial charge is 0.129 e. The monoisotopic (exact) mass is 297 g/mol. The molecule has 0 spiro atoms. The summed E-state index contributed by atoms with van der Waals surface area (Å²) in [5.41, 5.74) is 0.0535. The molecule has 21 heavy (non-hydrogen) atoms. The number of hydrogen-bond donors (Lipinski definition) is 1. The van der Waals surface area contributed by atoms with Crippen molar-refractivity contribution in [1.29, 1.82) is 0 Å². The third-order valence-electron chi connectivity index (χ3n) is 4.86. The lowest BCUT2D eigenvalue weighted by Gasteiger charge is -2.55. The van der Waals surface area contributed by atoms with Crippen LogP contribution in [0.15, 0.2) is 18.2 Å². The maximum absolute atomic E-state index is 13.3. The van der Waals surface area contributed by atoms with E-state index in [1.807, 2.05) is 0 Å². The zero-order chi connectivity index (χ0) is 15.5. The molecule has 2 unspecified atom stereocenters. The molecule has 0 aromatic heterocycles. The second kappa shape index (κ2) is 6.73. The molecule has 0 heterocycles. The van der Waals surface area contributed by atoms with Gasteiger partial charge in [0.05, 0.1) is 0 Å². The quantitative estimate of drug-likeness (QED) is 0.810. The summed E-state index contributed by atoms with van der Waals surface area (Å²) in [5, 5.41) is 3.57. The van der Waals surface area contributed by atoms with Crippen LogP contribution in [0.5, 0.6) is 5.75 Å². The zero-order valence-electron chi connectivity index (χ0n) is 13.1. The fourth-order valence-corrected chi connectivity index (χ4v) is 3.48. The second-order valence-corrected chi connectivity index (χ2v) is 5.89. The van der Waals surface area contributed by atoms with Crippen LogP contribution in [0.2, 0.25) is 0 Å². The van der Waals surface area contributed by atoms with Crippen LogP contribution in [0, 0.1) is 17.0 Å². The molecule has 118 valence electrons. The fraction of sp³-hybridized carbons (Fsp3) is 0.647. The summed E-state index contributed by atoms with van der Waals surface area (Å²) in [6, 6.07) is 3.81. The van der Waals surface area contributed by atoms with E-state index in [2.05, 4.69) is 26.1 Å². The van der Waals surface area contributed by atoms with Gasteiger partial charge in [0, 0.05) is 36.1 Å². The highest BCUT2D eigenvalue weighted by Crippen LogP contribution is 2.49. The average molecular weight is 297 g/mol. The molecule has 2 nitrogen and oxygen atoms in total. The van der Waals surface area contributed by atoms with Crippen molar-refractivity contribution in [2.45, 2.75) is 58.6 Å². The second-order valence-electron chi connectivity index (χ2n) is 5.89. The molecule has 0 amide bonds. The molecular formula is C17H25F2NO. The van der Waals surface area contributed by atoms with E-state index >= 15 is 0 Å². The van der Waals surface area contributed by atoms with Gasteiger partial charge in [-0.1, -0.05) is 20.8 Å². The van der Waals surface area contributed by atoms with Crippen molar-refractivity contribution < 1.29 is 13.5 Å². The number of hydrogen-bond acceptors (Lipinski definition) is 2. The van der Waals surface area contributed by atoms with Gasteiger partial charge in [-0.25, -0.2) is 8.78 Å². The Labute approximate surface area is 125 Å².